The molecule has 0 aliphatic carbocycles. The lowest BCUT2D eigenvalue weighted by atomic mass is 10.1. The normalized spacial score (nSPS) is 28.3. The number of amides is 1. The van der Waals surface area contributed by atoms with Crippen molar-refractivity contribution in [1.29, 1.82) is 0 Å². The Hall–Kier alpha value is -1.39. The zero-order chi connectivity index (χ0) is 13.2. The highest BCUT2D eigenvalue weighted by Gasteiger charge is 2.39. The molecule has 0 bridgehead atoms. The van der Waals surface area contributed by atoms with Crippen LogP contribution in [0.5, 0.6) is 0 Å². The first-order valence-electron chi connectivity index (χ1n) is 7.01. The molecule has 1 aromatic carbocycles. The van der Waals surface area contributed by atoms with Gasteiger partial charge in [-0.05, 0) is 37.4 Å². The van der Waals surface area contributed by atoms with Crippen LogP contribution in [0.15, 0.2) is 30.3 Å². The number of rotatable bonds is 3. The first kappa shape index (κ1) is 12.6. The monoisotopic (exact) mass is 260 g/mol. The first-order chi connectivity index (χ1) is 9.29. The fourth-order valence-corrected chi connectivity index (χ4v) is 3.16. The molecule has 0 spiro atoms. The van der Waals surface area contributed by atoms with E-state index in [1.54, 1.807) is 0 Å². The van der Waals surface area contributed by atoms with Crippen LogP contribution in [0.1, 0.15) is 12.8 Å². The van der Waals surface area contributed by atoms with E-state index < -0.39 is 0 Å². The molecule has 102 valence electrons. The maximum Gasteiger partial charge on any atom is 0.244 e. The molecule has 1 N–H and O–H groups in total. The van der Waals surface area contributed by atoms with Gasteiger partial charge >= 0.3 is 0 Å². The maximum atomic E-state index is 12.5. The minimum Gasteiger partial charge on any atom is -0.396 e. The lowest BCUT2D eigenvalue weighted by molar-refractivity contribution is -0.121. The molecule has 0 radical (unpaired) electrons. The minimum atomic E-state index is 0.0109. The van der Waals surface area contributed by atoms with Crippen LogP contribution in [0.3, 0.4) is 0 Å². The molecule has 2 saturated heterocycles. The Bertz CT molecular complexity index is 449. The van der Waals surface area contributed by atoms with Gasteiger partial charge in [0.05, 0.1) is 6.04 Å². The summed E-state index contributed by atoms with van der Waals surface area (Å²) in [5.41, 5.74) is 0.993. The summed E-state index contributed by atoms with van der Waals surface area (Å²) in [6, 6.07) is 9.88. The van der Waals surface area contributed by atoms with Crippen LogP contribution >= 0.6 is 0 Å². The number of hydrogen-bond donors (Lipinski definition) is 1. The molecule has 0 saturated carbocycles. The van der Waals surface area contributed by atoms with Crippen molar-refractivity contribution < 1.29 is 9.90 Å². The second-order valence-electron chi connectivity index (χ2n) is 5.46. The molecule has 2 aliphatic heterocycles. The summed E-state index contributed by atoms with van der Waals surface area (Å²) in [5, 5.41) is 9.20. The number of likely N-dealkylation sites (tertiary alicyclic amines) is 1. The van der Waals surface area contributed by atoms with Crippen LogP contribution in [0.2, 0.25) is 0 Å². The number of aliphatic hydroxyl groups is 1. The summed E-state index contributed by atoms with van der Waals surface area (Å²) >= 11 is 0. The lowest BCUT2D eigenvalue weighted by Crippen LogP contribution is -2.40. The van der Waals surface area contributed by atoms with Crippen molar-refractivity contribution >= 4 is 11.6 Å². The SMILES string of the molecule is O=C1C(N2CCC(CO)C2)CCN1c1ccccc1. The third-order valence-corrected chi connectivity index (χ3v) is 4.26. The fraction of sp³-hybridized carbons (Fsp3) is 0.533. The smallest absolute Gasteiger partial charge is 0.244 e. The topological polar surface area (TPSA) is 43.8 Å². The standard InChI is InChI=1S/C15H20N2O2/c18-11-12-6-8-16(10-12)14-7-9-17(15(14)19)13-4-2-1-3-5-13/h1-5,12,14,18H,6-11H2. The van der Waals surface area contributed by atoms with Gasteiger partial charge in [0.2, 0.25) is 5.91 Å². The van der Waals surface area contributed by atoms with Crippen molar-refractivity contribution in [2.24, 2.45) is 5.92 Å². The number of benzene rings is 1. The number of nitrogens with zero attached hydrogens (tertiary/aromatic N) is 2. The van der Waals surface area contributed by atoms with Crippen LogP contribution in [0, 0.1) is 5.92 Å². The molecule has 2 aliphatic rings. The average Bonchev–Trinajstić information content (AvgIpc) is 3.06. The molecule has 2 unspecified atom stereocenters. The Kier molecular flexibility index (Phi) is 3.53. The first-order valence-corrected chi connectivity index (χ1v) is 7.01. The molecule has 3 rings (SSSR count). The summed E-state index contributed by atoms with van der Waals surface area (Å²) in [5.74, 6) is 0.559. The third kappa shape index (κ3) is 2.38. The molecule has 1 amide bonds. The minimum absolute atomic E-state index is 0.0109. The van der Waals surface area contributed by atoms with E-state index in [2.05, 4.69) is 4.90 Å². The second-order valence-corrected chi connectivity index (χ2v) is 5.46. The van der Waals surface area contributed by atoms with Gasteiger partial charge < -0.3 is 10.0 Å². The molecule has 2 atom stereocenters. The molecular weight excluding hydrogens is 240 g/mol. The molecule has 2 fully saturated rings. The zero-order valence-electron chi connectivity index (χ0n) is 11.0. The highest BCUT2D eigenvalue weighted by molar-refractivity contribution is 5.99. The van der Waals surface area contributed by atoms with Gasteiger partial charge in [-0.1, -0.05) is 18.2 Å². The van der Waals surface area contributed by atoms with Gasteiger partial charge in [-0.25, -0.2) is 0 Å². The molecule has 0 aromatic heterocycles. The van der Waals surface area contributed by atoms with Crippen LogP contribution in [0.25, 0.3) is 0 Å². The van der Waals surface area contributed by atoms with E-state index >= 15 is 0 Å². The van der Waals surface area contributed by atoms with E-state index in [0.29, 0.717) is 5.92 Å². The predicted octanol–water partition coefficient (Wildman–Crippen LogP) is 1.11. The van der Waals surface area contributed by atoms with Crippen LogP contribution < -0.4 is 4.90 Å². The summed E-state index contributed by atoms with van der Waals surface area (Å²) in [4.78, 5) is 16.6. The van der Waals surface area contributed by atoms with Crippen molar-refractivity contribution in [3.8, 4) is 0 Å². The molecule has 1 aromatic rings. The Morgan fingerprint density at radius 3 is 2.63 bits per heavy atom. The van der Waals surface area contributed by atoms with Gasteiger partial charge in [0, 0.05) is 25.4 Å². The number of aliphatic hydroxyl groups excluding tert-OH is 1. The van der Waals surface area contributed by atoms with E-state index in [-0.39, 0.29) is 18.6 Å². The Balaban J connectivity index is 1.69. The Morgan fingerprint density at radius 2 is 1.95 bits per heavy atom. The van der Waals surface area contributed by atoms with Gasteiger partial charge in [0.25, 0.3) is 0 Å². The van der Waals surface area contributed by atoms with E-state index in [9.17, 15) is 9.90 Å². The highest BCUT2D eigenvalue weighted by Crippen LogP contribution is 2.27. The van der Waals surface area contributed by atoms with E-state index in [1.165, 1.54) is 0 Å². The van der Waals surface area contributed by atoms with Crippen molar-refractivity contribution in [3.63, 3.8) is 0 Å². The molecule has 4 nitrogen and oxygen atoms in total. The van der Waals surface area contributed by atoms with Crippen molar-refractivity contribution in [3.05, 3.63) is 30.3 Å². The number of carbonyl (C=O) groups excluding carboxylic acids is 1. The van der Waals surface area contributed by atoms with Gasteiger partial charge in [0.15, 0.2) is 0 Å². The number of para-hydroxylation sites is 1. The second kappa shape index (κ2) is 5.31. The number of hydrogen-bond acceptors (Lipinski definition) is 3. The van der Waals surface area contributed by atoms with Gasteiger partial charge in [-0.2, -0.15) is 0 Å². The fourth-order valence-electron chi connectivity index (χ4n) is 3.16. The van der Waals surface area contributed by atoms with Crippen LogP contribution in [-0.4, -0.2) is 48.2 Å². The van der Waals surface area contributed by atoms with E-state index in [4.69, 9.17) is 0 Å². The molecule has 4 heteroatoms. The molecular formula is C15H20N2O2. The largest absolute Gasteiger partial charge is 0.396 e. The number of carbonyl (C=O) groups is 1. The van der Waals surface area contributed by atoms with Crippen LogP contribution in [-0.2, 0) is 4.79 Å². The predicted molar refractivity (Wildman–Crippen MR) is 74.0 cm³/mol. The number of anilines is 1. The summed E-state index contributed by atoms with van der Waals surface area (Å²) < 4.78 is 0. The Morgan fingerprint density at radius 1 is 1.16 bits per heavy atom. The van der Waals surface area contributed by atoms with Gasteiger partial charge in [-0.15, -0.1) is 0 Å². The zero-order valence-corrected chi connectivity index (χ0v) is 11.0. The third-order valence-electron chi connectivity index (χ3n) is 4.26. The maximum absolute atomic E-state index is 12.5. The van der Waals surface area contributed by atoms with Crippen LogP contribution in [0.4, 0.5) is 5.69 Å². The summed E-state index contributed by atoms with van der Waals surface area (Å²) in [6.07, 6.45) is 1.90. The van der Waals surface area contributed by atoms with Crippen molar-refractivity contribution in [2.75, 3.05) is 31.1 Å². The van der Waals surface area contributed by atoms with E-state index in [1.807, 2.05) is 35.2 Å². The summed E-state index contributed by atoms with van der Waals surface area (Å²) in [7, 11) is 0. The quantitative estimate of drug-likeness (QED) is 0.885. The summed E-state index contributed by atoms with van der Waals surface area (Å²) in [6.45, 7) is 2.83. The highest BCUT2D eigenvalue weighted by atomic mass is 16.3. The lowest BCUT2D eigenvalue weighted by Gasteiger charge is -2.23. The Labute approximate surface area is 113 Å². The molecule has 19 heavy (non-hydrogen) atoms. The molecule has 2 heterocycles. The van der Waals surface area contributed by atoms with Gasteiger partial charge in [0.1, 0.15) is 0 Å². The van der Waals surface area contributed by atoms with Gasteiger partial charge in [-0.3, -0.25) is 9.69 Å². The van der Waals surface area contributed by atoms with Crippen molar-refractivity contribution in [2.45, 2.75) is 18.9 Å². The average molecular weight is 260 g/mol. The van der Waals surface area contributed by atoms with E-state index in [0.717, 1.165) is 38.2 Å². The van der Waals surface area contributed by atoms with Crippen molar-refractivity contribution in [1.82, 2.24) is 4.90 Å².